The summed E-state index contributed by atoms with van der Waals surface area (Å²) < 4.78 is 42.6. The molecule has 0 radical (unpaired) electrons. The number of nitrogens with one attached hydrogen (secondary N) is 2. The molecule has 190 valence electrons. The average Bonchev–Trinajstić information content (AvgIpc) is 3.40. The van der Waals surface area contributed by atoms with Crippen molar-refractivity contribution >= 4 is 34.8 Å². The van der Waals surface area contributed by atoms with E-state index >= 15 is 0 Å². The highest BCUT2D eigenvalue weighted by Gasteiger charge is 2.62. The molecule has 1 aliphatic carbocycles. The molecule has 1 saturated carbocycles. The molecule has 2 atom stereocenters. The van der Waals surface area contributed by atoms with Gasteiger partial charge in [0.1, 0.15) is 11.8 Å². The van der Waals surface area contributed by atoms with E-state index in [-0.39, 0.29) is 33.4 Å². The van der Waals surface area contributed by atoms with Gasteiger partial charge in [-0.3, -0.25) is 10.1 Å². The lowest BCUT2D eigenvalue weighted by atomic mass is 9.86. The number of halogens is 5. The molecule has 0 aromatic heterocycles. The first-order chi connectivity index (χ1) is 16.9. The number of carbonyl (C=O) groups is 1. The van der Waals surface area contributed by atoms with E-state index in [0.29, 0.717) is 24.0 Å². The van der Waals surface area contributed by atoms with Crippen LogP contribution in [0.1, 0.15) is 46.3 Å². The second-order valence-electron chi connectivity index (χ2n) is 8.88. The smallest absolute Gasteiger partial charge is 0.377 e. The molecule has 7 nitrogen and oxygen atoms in total. The number of carbonyl (C=O) groups excluding carboxylic acids is 1. The van der Waals surface area contributed by atoms with Gasteiger partial charge in [0.15, 0.2) is 0 Å². The number of nitriles is 1. The third-order valence-corrected chi connectivity index (χ3v) is 6.62. The van der Waals surface area contributed by atoms with Crippen molar-refractivity contribution in [3.05, 3.63) is 68.7 Å². The normalized spacial score (nSPS) is 21.2. The molecule has 4 rings (SSSR count). The molecule has 2 unspecified atom stereocenters. The van der Waals surface area contributed by atoms with Gasteiger partial charge in [0.05, 0.1) is 18.3 Å². The van der Waals surface area contributed by atoms with Gasteiger partial charge in [0.25, 0.3) is 11.5 Å². The molecule has 12 heteroatoms. The molecule has 2 aromatic rings. The molecular weight excluding hydrogens is 520 g/mol. The summed E-state index contributed by atoms with van der Waals surface area (Å²) >= 11 is 11.9. The van der Waals surface area contributed by atoms with Crippen molar-refractivity contribution in [2.75, 3.05) is 6.54 Å². The number of oxime groups is 1. The van der Waals surface area contributed by atoms with E-state index in [4.69, 9.17) is 33.3 Å². The fourth-order valence-electron chi connectivity index (χ4n) is 4.01. The Balaban J connectivity index is 1.48. The quantitative estimate of drug-likeness (QED) is 0.445. The second kappa shape index (κ2) is 9.56. The number of benzene rings is 2. The summed E-state index contributed by atoms with van der Waals surface area (Å²) in [5.74, 6) is -0.482. The first-order valence-electron chi connectivity index (χ1n) is 10.9. The Morgan fingerprint density at radius 1 is 1.25 bits per heavy atom. The maximum absolute atomic E-state index is 14.2. The first kappa shape index (κ1) is 26.2. The third-order valence-electron chi connectivity index (χ3n) is 6.18. The maximum atomic E-state index is 14.2. The van der Waals surface area contributed by atoms with Gasteiger partial charge in [-0.05, 0) is 61.2 Å². The number of aryl methyl sites for hydroxylation is 1. The molecule has 1 aliphatic heterocycles. The average molecular weight is 541 g/mol. The van der Waals surface area contributed by atoms with Gasteiger partial charge in [0, 0.05) is 27.6 Å². The number of aliphatic hydroxyl groups excluding tert-OH is 1. The number of alkyl halides is 3. The summed E-state index contributed by atoms with van der Waals surface area (Å²) in [5, 5.41) is 28.2. The zero-order chi connectivity index (χ0) is 26.3. The van der Waals surface area contributed by atoms with Gasteiger partial charge in [-0.2, -0.15) is 18.4 Å². The number of rotatable bonds is 7. The van der Waals surface area contributed by atoms with E-state index in [1.807, 2.05) is 0 Å². The zero-order valence-electron chi connectivity index (χ0n) is 18.9. The molecule has 3 N–H and O–H groups in total. The monoisotopic (exact) mass is 540 g/mol. The summed E-state index contributed by atoms with van der Waals surface area (Å²) in [7, 11) is 0. The Kier molecular flexibility index (Phi) is 6.96. The van der Waals surface area contributed by atoms with Crippen LogP contribution in [0.3, 0.4) is 0 Å². The van der Waals surface area contributed by atoms with Crippen molar-refractivity contribution in [3.8, 4) is 6.07 Å². The molecule has 2 aliphatic rings. The summed E-state index contributed by atoms with van der Waals surface area (Å²) in [6.07, 6.45) is -5.28. The van der Waals surface area contributed by atoms with E-state index in [1.165, 1.54) is 24.3 Å². The molecule has 1 heterocycles. The fourth-order valence-corrected chi connectivity index (χ4v) is 4.54. The lowest BCUT2D eigenvalue weighted by Crippen LogP contribution is -2.46. The summed E-state index contributed by atoms with van der Waals surface area (Å²) in [6.45, 7) is 1.51. The van der Waals surface area contributed by atoms with Crippen LogP contribution in [0, 0.1) is 18.3 Å². The van der Waals surface area contributed by atoms with Crippen molar-refractivity contribution in [3.63, 3.8) is 0 Å². The van der Waals surface area contributed by atoms with Gasteiger partial charge < -0.3 is 15.3 Å². The Labute approximate surface area is 214 Å². The highest BCUT2D eigenvalue weighted by atomic mass is 35.5. The van der Waals surface area contributed by atoms with Crippen molar-refractivity contribution < 1.29 is 27.9 Å². The van der Waals surface area contributed by atoms with E-state index in [9.17, 15) is 23.1 Å². The lowest BCUT2D eigenvalue weighted by molar-refractivity contribution is -0.275. The summed E-state index contributed by atoms with van der Waals surface area (Å²) in [4.78, 5) is 17.6. The van der Waals surface area contributed by atoms with E-state index in [0.717, 1.165) is 12.1 Å². The minimum atomic E-state index is -4.82. The molecular formula is C24H21Cl2F3N4O3. The molecule has 36 heavy (non-hydrogen) atoms. The highest BCUT2D eigenvalue weighted by molar-refractivity contribution is 6.34. The fraction of sp³-hybridized carbons (Fsp3) is 0.375. The summed E-state index contributed by atoms with van der Waals surface area (Å²) in [5.41, 5.74) is -2.61. The van der Waals surface area contributed by atoms with Crippen LogP contribution in [-0.2, 0) is 10.4 Å². The molecule has 1 fully saturated rings. The Hall–Kier alpha value is -2.84. The van der Waals surface area contributed by atoms with Crippen LogP contribution in [0.25, 0.3) is 0 Å². The van der Waals surface area contributed by atoms with Gasteiger partial charge in [-0.15, -0.1) is 0 Å². The molecule has 0 spiro atoms. The minimum Gasteiger partial charge on any atom is -0.377 e. The molecule has 2 aromatic carbocycles. The highest BCUT2D eigenvalue weighted by Crippen LogP contribution is 2.49. The topological polar surface area (TPSA) is 107 Å². The number of amides is 1. The Bertz CT molecular complexity index is 1250. The van der Waals surface area contributed by atoms with Crippen LogP contribution >= 0.6 is 23.2 Å². The van der Waals surface area contributed by atoms with Crippen molar-refractivity contribution in [2.45, 2.75) is 49.7 Å². The standard InChI is InChI=1S/C24H21Cl2F3N4O3/c1-13-6-14(2-3-18(13)21(35)31-11-20(34)32-22(12-30)4-5-22)19-10-23(36-33-19,24(27,28)29)15-7-16(25)9-17(26)8-15/h2-3,6-9,20,32,34H,4-5,10-11H2,1H3,(H,31,35). The van der Waals surface area contributed by atoms with Crippen molar-refractivity contribution in [1.82, 2.24) is 10.6 Å². The number of hydrogen-bond acceptors (Lipinski definition) is 6. The Morgan fingerprint density at radius 2 is 1.92 bits per heavy atom. The van der Waals surface area contributed by atoms with Gasteiger partial charge in [-0.1, -0.05) is 34.4 Å². The van der Waals surface area contributed by atoms with Crippen LogP contribution in [0.2, 0.25) is 10.0 Å². The Morgan fingerprint density at radius 3 is 2.47 bits per heavy atom. The van der Waals surface area contributed by atoms with Crippen LogP contribution in [0.5, 0.6) is 0 Å². The van der Waals surface area contributed by atoms with Gasteiger partial charge in [-0.25, -0.2) is 0 Å². The van der Waals surface area contributed by atoms with Crippen LogP contribution in [0.15, 0.2) is 41.6 Å². The molecule has 0 saturated heterocycles. The van der Waals surface area contributed by atoms with Crippen LogP contribution in [-0.4, -0.2) is 41.2 Å². The van der Waals surface area contributed by atoms with E-state index in [2.05, 4.69) is 21.9 Å². The predicted molar refractivity (Wildman–Crippen MR) is 127 cm³/mol. The zero-order valence-corrected chi connectivity index (χ0v) is 20.4. The minimum absolute atomic E-state index is 0.0321. The third kappa shape index (κ3) is 5.15. The van der Waals surface area contributed by atoms with Crippen molar-refractivity contribution in [2.24, 2.45) is 5.16 Å². The lowest BCUT2D eigenvalue weighted by Gasteiger charge is -2.29. The van der Waals surface area contributed by atoms with Crippen LogP contribution in [0.4, 0.5) is 13.2 Å². The van der Waals surface area contributed by atoms with Gasteiger partial charge in [0.2, 0.25) is 0 Å². The van der Waals surface area contributed by atoms with Crippen molar-refractivity contribution in [1.29, 1.82) is 5.26 Å². The summed E-state index contributed by atoms with van der Waals surface area (Å²) in [6, 6.07) is 10.2. The molecule has 0 bridgehead atoms. The first-order valence-corrected chi connectivity index (χ1v) is 11.7. The number of hydrogen-bond donors (Lipinski definition) is 3. The maximum Gasteiger partial charge on any atom is 0.435 e. The number of aliphatic hydroxyl groups is 1. The van der Waals surface area contributed by atoms with E-state index in [1.54, 1.807) is 6.92 Å². The van der Waals surface area contributed by atoms with Gasteiger partial charge >= 0.3 is 6.18 Å². The van der Waals surface area contributed by atoms with Crippen LogP contribution < -0.4 is 10.6 Å². The largest absolute Gasteiger partial charge is 0.435 e. The number of nitrogens with zero attached hydrogens (tertiary/aromatic N) is 2. The SMILES string of the molecule is Cc1cc(C2=NOC(c3cc(Cl)cc(Cl)c3)(C(F)(F)F)C2)ccc1C(=O)NCC(O)NC1(C#N)CC1. The van der Waals surface area contributed by atoms with E-state index < -0.39 is 35.9 Å². The second-order valence-corrected chi connectivity index (χ2v) is 9.76. The molecule has 1 amide bonds. The predicted octanol–water partition coefficient (Wildman–Crippen LogP) is 4.58.